The first-order valence-electron chi connectivity index (χ1n) is 17.0. The minimum atomic E-state index is -5.27. The topological polar surface area (TPSA) is 326 Å². The van der Waals surface area contributed by atoms with E-state index in [9.17, 15) is 77.8 Å². The van der Waals surface area contributed by atoms with Gasteiger partial charge < -0.3 is 0 Å². The first-order valence-corrected chi connectivity index (χ1v) is 25.6. The lowest BCUT2D eigenvalue weighted by atomic mass is 9.95. The Balaban J connectivity index is 1.50. The first-order chi connectivity index (χ1) is 28.4. The molecule has 0 bridgehead atoms. The van der Waals surface area contributed by atoms with Gasteiger partial charge in [-0.05, 0) is 94.8 Å². The van der Waals surface area contributed by atoms with Crippen LogP contribution in [0.15, 0.2) is 139 Å². The van der Waals surface area contributed by atoms with Crippen molar-refractivity contribution in [2.75, 3.05) is 0 Å². The van der Waals surface area contributed by atoms with Gasteiger partial charge in [0.25, 0.3) is 60.7 Å². The van der Waals surface area contributed by atoms with Crippen LogP contribution in [0, 0.1) is 13.8 Å². The zero-order valence-electron chi connectivity index (χ0n) is 31.4. The Morgan fingerprint density at radius 1 is 0.258 bits per heavy atom. The zero-order chi connectivity index (χ0) is 46.1. The molecule has 6 rings (SSSR count). The van der Waals surface area contributed by atoms with E-state index < -0.39 is 101 Å². The Morgan fingerprint density at radius 2 is 0.435 bits per heavy atom. The van der Waals surface area contributed by atoms with Gasteiger partial charge in [0.05, 0.1) is 9.79 Å². The first kappa shape index (κ1) is 46.3. The highest BCUT2D eigenvalue weighted by molar-refractivity contribution is 7.87. The normalized spacial score (nSPS) is 13.0. The fourth-order valence-electron chi connectivity index (χ4n) is 6.68. The molecule has 6 N–H and O–H groups in total. The molecule has 0 spiro atoms. The molecule has 0 amide bonds. The predicted molar refractivity (Wildman–Crippen MR) is 222 cm³/mol. The van der Waals surface area contributed by atoms with Gasteiger partial charge >= 0.3 is 0 Å². The fourth-order valence-corrected chi connectivity index (χ4v) is 11.1. The largest absolute Gasteiger partial charge is 0.295 e. The van der Waals surface area contributed by atoms with Crippen molar-refractivity contribution in [3.63, 3.8) is 0 Å². The van der Waals surface area contributed by atoms with Crippen molar-refractivity contribution >= 4 is 60.7 Å². The molecule has 18 nitrogen and oxygen atoms in total. The molecule has 0 saturated carbocycles. The van der Waals surface area contributed by atoms with Crippen LogP contribution in [0.5, 0.6) is 0 Å². The average Bonchev–Trinajstić information content (AvgIpc) is 3.15. The van der Waals surface area contributed by atoms with Crippen molar-refractivity contribution < 1.29 is 77.8 Å². The Hall–Kier alpha value is -5.22. The number of rotatable bonds is 11. The Labute approximate surface area is 355 Å². The van der Waals surface area contributed by atoms with Crippen LogP contribution >= 0.6 is 0 Å². The van der Waals surface area contributed by atoms with E-state index in [0.29, 0.717) is 0 Å². The van der Waals surface area contributed by atoms with Gasteiger partial charge in [-0.25, -0.2) is 0 Å². The van der Waals surface area contributed by atoms with Crippen molar-refractivity contribution in [3.05, 3.63) is 120 Å². The van der Waals surface area contributed by atoms with E-state index in [1.807, 2.05) is 0 Å². The van der Waals surface area contributed by atoms with E-state index in [0.717, 1.165) is 78.9 Å². The van der Waals surface area contributed by atoms with Gasteiger partial charge in [-0.3, -0.25) is 27.3 Å². The van der Waals surface area contributed by atoms with Crippen molar-refractivity contribution in [3.8, 4) is 55.6 Å². The van der Waals surface area contributed by atoms with Crippen molar-refractivity contribution in [2.45, 2.75) is 43.2 Å². The summed E-state index contributed by atoms with van der Waals surface area (Å²) in [5.74, 6) is 0. The van der Waals surface area contributed by atoms with Gasteiger partial charge in [-0.1, -0.05) is 72.8 Å². The highest BCUT2D eigenvalue weighted by Gasteiger charge is 2.27. The molecule has 0 aliphatic heterocycles. The van der Waals surface area contributed by atoms with E-state index in [1.54, 1.807) is 0 Å². The molecule has 0 unspecified atom stereocenters. The van der Waals surface area contributed by atoms with Crippen LogP contribution in [0.3, 0.4) is 0 Å². The molecular weight excluding hydrogens is 937 g/mol. The SMILES string of the molecule is Cc1ccc(-c2ccc(-c3ccc(-c4ccc(-c5ccc(-c6ccc(C)c(S(=O)(=O)O)c6)c(S(=O)(=O)O)c5)c(S(=O)(=O)O)c4)c(S(=O)(=O)O)c3)c(S(=O)(=O)O)c2)cc1S(=O)(=O)O. The standard InChI is InChI=1S/C38H30O18S6/c1-21-3-5-23(15-33(21)57(39,40)41)24-7-11-29(35(16-24)59(45,46)47)26-9-13-31(37(18-26)61(51,52)53)28-10-14-32(38(20-28)62(54,55)56)27-8-12-30(36(19-27)60(48,49)50)25-6-4-22(2)34(17-25)58(42,43)44/h3-20H,1-2H3,(H,39,40,41)(H,42,43,44)(H,45,46,47)(H,48,49,50)(H,51,52,53)(H,54,55,56). The Bertz CT molecular complexity index is 3580. The van der Waals surface area contributed by atoms with E-state index in [1.165, 1.54) is 44.2 Å². The van der Waals surface area contributed by atoms with Crippen molar-refractivity contribution in [2.24, 2.45) is 0 Å². The summed E-state index contributed by atoms with van der Waals surface area (Å²) in [4.78, 5) is -4.57. The summed E-state index contributed by atoms with van der Waals surface area (Å²) < 4.78 is 210. The van der Waals surface area contributed by atoms with Gasteiger partial charge in [0, 0.05) is 22.3 Å². The Morgan fingerprint density at radius 3 is 0.694 bits per heavy atom. The highest BCUT2D eigenvalue weighted by atomic mass is 32.2. The van der Waals surface area contributed by atoms with E-state index in [4.69, 9.17) is 0 Å². The number of benzene rings is 6. The third kappa shape index (κ3) is 9.55. The minimum Gasteiger partial charge on any atom is -0.282 e. The third-order valence-corrected chi connectivity index (χ3v) is 15.1. The molecule has 326 valence electrons. The number of aryl methyl sites for hydroxylation is 2. The molecule has 0 aliphatic carbocycles. The molecule has 0 heterocycles. The lowest BCUT2D eigenvalue weighted by Crippen LogP contribution is -2.06. The van der Waals surface area contributed by atoms with Crippen LogP contribution in [0.1, 0.15) is 11.1 Å². The minimum absolute atomic E-state index is 0.0375. The van der Waals surface area contributed by atoms with Gasteiger partial charge in [0.1, 0.15) is 19.6 Å². The maximum absolute atomic E-state index is 12.8. The van der Waals surface area contributed by atoms with Crippen LogP contribution < -0.4 is 0 Å². The van der Waals surface area contributed by atoms with Crippen LogP contribution in [-0.4, -0.2) is 77.8 Å². The van der Waals surface area contributed by atoms with E-state index in [2.05, 4.69) is 0 Å². The third-order valence-electron chi connectivity index (χ3n) is 9.55. The van der Waals surface area contributed by atoms with Gasteiger partial charge in [-0.2, -0.15) is 50.5 Å². The van der Waals surface area contributed by atoms with Gasteiger partial charge in [-0.15, -0.1) is 0 Å². The summed E-state index contributed by atoms with van der Waals surface area (Å²) in [7, 11) is -30.3. The average molecular weight is 967 g/mol. The molecule has 0 radical (unpaired) electrons. The van der Waals surface area contributed by atoms with Crippen molar-refractivity contribution in [1.82, 2.24) is 0 Å². The zero-order valence-corrected chi connectivity index (χ0v) is 36.3. The predicted octanol–water partition coefficient (Wildman–Crippen LogP) is 6.12. The van der Waals surface area contributed by atoms with Crippen LogP contribution in [0.4, 0.5) is 0 Å². The maximum atomic E-state index is 12.8. The monoisotopic (exact) mass is 966 g/mol. The van der Waals surface area contributed by atoms with Crippen LogP contribution in [0.25, 0.3) is 55.6 Å². The van der Waals surface area contributed by atoms with Gasteiger partial charge in [0.2, 0.25) is 0 Å². The van der Waals surface area contributed by atoms with Crippen LogP contribution in [-0.2, 0) is 60.7 Å². The quantitative estimate of drug-likeness (QED) is 0.0796. The molecule has 24 heteroatoms. The number of hydrogen-bond donors (Lipinski definition) is 6. The molecule has 0 aromatic heterocycles. The summed E-state index contributed by atoms with van der Waals surface area (Å²) in [6.07, 6.45) is 0. The molecule has 0 atom stereocenters. The molecule has 0 aliphatic rings. The highest BCUT2D eigenvalue weighted by Crippen LogP contribution is 2.40. The molecule has 62 heavy (non-hydrogen) atoms. The summed E-state index contributed by atoms with van der Waals surface area (Å²) in [6, 6.07) is 19.6. The summed E-state index contributed by atoms with van der Waals surface area (Å²) >= 11 is 0. The molecule has 6 aromatic carbocycles. The number of hydrogen-bond acceptors (Lipinski definition) is 12. The van der Waals surface area contributed by atoms with E-state index in [-0.39, 0.29) is 55.6 Å². The molecule has 0 saturated heterocycles. The lowest BCUT2D eigenvalue weighted by Gasteiger charge is -2.16. The maximum Gasteiger partial charge on any atom is 0.295 e. The summed E-state index contributed by atoms with van der Waals surface area (Å²) in [6.45, 7) is 2.75. The second kappa shape index (κ2) is 15.8. The Kier molecular flexibility index (Phi) is 11.8. The smallest absolute Gasteiger partial charge is 0.282 e. The second-order valence-electron chi connectivity index (χ2n) is 13.7. The van der Waals surface area contributed by atoms with Crippen molar-refractivity contribution in [1.29, 1.82) is 0 Å². The summed E-state index contributed by atoms with van der Waals surface area (Å²) in [5, 5.41) is 0. The summed E-state index contributed by atoms with van der Waals surface area (Å²) in [5.41, 5.74) is -1.88. The van der Waals surface area contributed by atoms with Gasteiger partial charge in [0.15, 0.2) is 0 Å². The van der Waals surface area contributed by atoms with E-state index >= 15 is 0 Å². The molecular formula is C38H30O18S6. The molecule has 6 aromatic rings. The fraction of sp³-hybridized carbons (Fsp3) is 0.0526. The second-order valence-corrected chi connectivity index (χ2v) is 22.0. The molecule has 0 fully saturated rings. The lowest BCUT2D eigenvalue weighted by molar-refractivity contribution is 0.480. The van der Waals surface area contributed by atoms with Crippen LogP contribution in [0.2, 0.25) is 0 Å².